The number of nitrogens with one attached hydrogen (secondary N) is 2. The lowest BCUT2D eigenvalue weighted by atomic mass is 10.1. The van der Waals surface area contributed by atoms with E-state index in [1.54, 1.807) is 12.3 Å². The molecule has 2 aromatic heterocycles. The number of amides is 1. The number of hydrogen-bond donors (Lipinski definition) is 2. The Balaban J connectivity index is 1.61. The largest absolute Gasteiger partial charge is 0.465 e. The molecule has 6 heteroatoms. The first-order valence-electron chi connectivity index (χ1n) is 8.36. The van der Waals surface area contributed by atoms with Crippen molar-refractivity contribution in [1.82, 2.24) is 15.2 Å². The molecular formula is C18H23N3O3. The second-order valence-electron chi connectivity index (χ2n) is 6.25. The molecule has 3 heterocycles. The zero-order valence-corrected chi connectivity index (χ0v) is 13.9. The van der Waals surface area contributed by atoms with Gasteiger partial charge in [-0.05, 0) is 50.6 Å². The second kappa shape index (κ2) is 7.49. The Morgan fingerprint density at radius 1 is 1.29 bits per heavy atom. The zero-order chi connectivity index (χ0) is 16.9. The molecule has 1 aliphatic heterocycles. The van der Waals surface area contributed by atoms with Crippen LogP contribution in [0.2, 0.25) is 0 Å². The van der Waals surface area contributed by atoms with Gasteiger partial charge in [-0.2, -0.15) is 0 Å². The van der Waals surface area contributed by atoms with Crippen molar-refractivity contribution < 1.29 is 9.21 Å². The van der Waals surface area contributed by atoms with Crippen LogP contribution in [0.5, 0.6) is 0 Å². The van der Waals surface area contributed by atoms with Crippen molar-refractivity contribution >= 4 is 5.91 Å². The van der Waals surface area contributed by atoms with E-state index in [4.69, 9.17) is 4.42 Å². The van der Waals surface area contributed by atoms with Gasteiger partial charge in [0.25, 0.3) is 0 Å². The molecule has 0 aromatic carbocycles. The standard InChI is InChI=1S/C18H23N3O3/c1-13-4-6-16(24-13)15(21-8-2-3-9-21)12-20-18(23)10-14-5-7-17(22)19-11-14/h4-7,11,15H,2-3,8-10,12H2,1H3,(H,19,22)(H,20,23)/t15-/m0/s1. The maximum atomic E-state index is 12.2. The Bertz CT molecular complexity index is 723. The molecule has 1 atom stereocenters. The molecule has 24 heavy (non-hydrogen) atoms. The molecule has 2 aromatic rings. The average Bonchev–Trinajstić information content (AvgIpc) is 3.22. The molecule has 6 nitrogen and oxygen atoms in total. The Labute approximate surface area is 140 Å². The topological polar surface area (TPSA) is 78.3 Å². The van der Waals surface area contributed by atoms with E-state index in [9.17, 15) is 9.59 Å². The summed E-state index contributed by atoms with van der Waals surface area (Å²) in [6, 6.07) is 7.13. The van der Waals surface area contributed by atoms with Gasteiger partial charge in [-0.1, -0.05) is 6.07 Å². The smallest absolute Gasteiger partial charge is 0.247 e. The molecule has 0 radical (unpaired) electrons. The Morgan fingerprint density at radius 3 is 2.71 bits per heavy atom. The van der Waals surface area contributed by atoms with Crippen LogP contribution in [0.25, 0.3) is 0 Å². The highest BCUT2D eigenvalue weighted by Gasteiger charge is 2.26. The predicted octanol–water partition coefficient (Wildman–Crippen LogP) is 1.77. The lowest BCUT2D eigenvalue weighted by Gasteiger charge is -2.26. The van der Waals surface area contributed by atoms with Gasteiger partial charge in [0, 0.05) is 18.8 Å². The number of pyridine rings is 1. The first kappa shape index (κ1) is 16.5. The third kappa shape index (κ3) is 4.14. The lowest BCUT2D eigenvalue weighted by Crippen LogP contribution is -2.37. The minimum atomic E-state index is -0.165. The number of aromatic amines is 1. The summed E-state index contributed by atoms with van der Waals surface area (Å²) in [7, 11) is 0. The summed E-state index contributed by atoms with van der Waals surface area (Å²) >= 11 is 0. The molecule has 0 bridgehead atoms. The van der Waals surface area contributed by atoms with Crippen LogP contribution in [0.3, 0.4) is 0 Å². The minimum absolute atomic E-state index is 0.0606. The number of carbonyl (C=O) groups excluding carboxylic acids is 1. The number of furan rings is 1. The van der Waals surface area contributed by atoms with E-state index in [2.05, 4.69) is 15.2 Å². The zero-order valence-electron chi connectivity index (χ0n) is 13.9. The predicted molar refractivity (Wildman–Crippen MR) is 90.8 cm³/mol. The quantitative estimate of drug-likeness (QED) is 0.847. The van der Waals surface area contributed by atoms with E-state index in [0.717, 1.165) is 30.2 Å². The summed E-state index contributed by atoms with van der Waals surface area (Å²) in [5.41, 5.74) is 0.625. The Hall–Kier alpha value is -2.34. The maximum absolute atomic E-state index is 12.2. The highest BCUT2D eigenvalue weighted by atomic mass is 16.3. The van der Waals surface area contributed by atoms with Crippen LogP contribution in [-0.4, -0.2) is 35.4 Å². The fourth-order valence-corrected chi connectivity index (χ4v) is 3.11. The summed E-state index contributed by atoms with van der Waals surface area (Å²) in [5, 5.41) is 3.00. The SMILES string of the molecule is Cc1ccc([C@H](CNC(=O)Cc2ccc(=O)[nH]c2)N2CCCC2)o1. The van der Waals surface area contributed by atoms with Crippen LogP contribution in [0.1, 0.15) is 36.0 Å². The van der Waals surface area contributed by atoms with E-state index in [0.29, 0.717) is 6.54 Å². The van der Waals surface area contributed by atoms with Crippen LogP contribution in [0.4, 0.5) is 0 Å². The van der Waals surface area contributed by atoms with E-state index >= 15 is 0 Å². The number of carbonyl (C=O) groups is 1. The van der Waals surface area contributed by atoms with Crippen LogP contribution in [0.15, 0.2) is 39.7 Å². The summed E-state index contributed by atoms with van der Waals surface area (Å²) in [6.07, 6.45) is 4.19. The van der Waals surface area contributed by atoms with Crippen LogP contribution in [0, 0.1) is 6.92 Å². The Kier molecular flexibility index (Phi) is 5.15. The van der Waals surface area contributed by atoms with Crippen molar-refractivity contribution in [2.24, 2.45) is 0 Å². The van der Waals surface area contributed by atoms with E-state index in [1.807, 2.05) is 19.1 Å². The van der Waals surface area contributed by atoms with Crippen LogP contribution < -0.4 is 10.9 Å². The first-order valence-corrected chi connectivity index (χ1v) is 8.36. The molecule has 3 rings (SSSR count). The monoisotopic (exact) mass is 329 g/mol. The van der Waals surface area contributed by atoms with Gasteiger partial charge >= 0.3 is 0 Å². The number of likely N-dealkylation sites (tertiary alicyclic amines) is 1. The molecular weight excluding hydrogens is 306 g/mol. The van der Waals surface area contributed by atoms with E-state index < -0.39 is 0 Å². The molecule has 0 aliphatic carbocycles. The maximum Gasteiger partial charge on any atom is 0.247 e. The molecule has 128 valence electrons. The van der Waals surface area contributed by atoms with E-state index in [1.165, 1.54) is 18.9 Å². The number of nitrogens with zero attached hydrogens (tertiary/aromatic N) is 1. The fourth-order valence-electron chi connectivity index (χ4n) is 3.11. The van der Waals surface area contributed by atoms with Gasteiger partial charge in [0.2, 0.25) is 11.5 Å². The number of aromatic nitrogens is 1. The third-order valence-corrected chi connectivity index (χ3v) is 4.38. The molecule has 1 amide bonds. The molecule has 0 saturated carbocycles. The van der Waals surface area contributed by atoms with Gasteiger partial charge in [0.05, 0.1) is 12.5 Å². The normalized spacial score (nSPS) is 16.2. The van der Waals surface area contributed by atoms with Gasteiger partial charge in [-0.15, -0.1) is 0 Å². The lowest BCUT2D eigenvalue weighted by molar-refractivity contribution is -0.120. The first-order chi connectivity index (χ1) is 11.6. The summed E-state index contributed by atoms with van der Waals surface area (Å²) in [5.74, 6) is 1.72. The number of hydrogen-bond acceptors (Lipinski definition) is 4. The number of H-pyrrole nitrogens is 1. The minimum Gasteiger partial charge on any atom is -0.465 e. The average molecular weight is 329 g/mol. The van der Waals surface area contributed by atoms with Crippen molar-refractivity contribution in [3.05, 3.63) is 57.9 Å². The van der Waals surface area contributed by atoms with Gasteiger partial charge in [0.1, 0.15) is 11.5 Å². The summed E-state index contributed by atoms with van der Waals surface area (Å²) < 4.78 is 5.79. The number of rotatable bonds is 6. The Morgan fingerprint density at radius 2 is 2.08 bits per heavy atom. The molecule has 1 fully saturated rings. The van der Waals surface area contributed by atoms with Gasteiger partial charge in [-0.3, -0.25) is 14.5 Å². The molecule has 1 aliphatic rings. The fraction of sp³-hybridized carbons (Fsp3) is 0.444. The van der Waals surface area contributed by atoms with Crippen molar-refractivity contribution in [3.63, 3.8) is 0 Å². The van der Waals surface area contributed by atoms with Gasteiger partial charge in [-0.25, -0.2) is 0 Å². The second-order valence-corrected chi connectivity index (χ2v) is 6.25. The van der Waals surface area contributed by atoms with Crippen molar-refractivity contribution in [2.45, 2.75) is 32.2 Å². The van der Waals surface area contributed by atoms with Gasteiger partial charge < -0.3 is 14.7 Å². The third-order valence-electron chi connectivity index (χ3n) is 4.38. The van der Waals surface area contributed by atoms with E-state index in [-0.39, 0.29) is 23.9 Å². The molecule has 1 saturated heterocycles. The van der Waals surface area contributed by atoms with Crippen LogP contribution >= 0.6 is 0 Å². The van der Waals surface area contributed by atoms with Gasteiger partial charge in [0.15, 0.2) is 0 Å². The molecule has 0 unspecified atom stereocenters. The molecule has 0 spiro atoms. The summed E-state index contributed by atoms with van der Waals surface area (Å²) in [6.45, 7) is 4.51. The highest BCUT2D eigenvalue weighted by molar-refractivity contribution is 5.78. The van der Waals surface area contributed by atoms with Crippen molar-refractivity contribution in [2.75, 3.05) is 19.6 Å². The molecule has 2 N–H and O–H groups in total. The van der Waals surface area contributed by atoms with Crippen molar-refractivity contribution in [1.29, 1.82) is 0 Å². The van der Waals surface area contributed by atoms with Crippen LogP contribution in [-0.2, 0) is 11.2 Å². The van der Waals surface area contributed by atoms with Crippen molar-refractivity contribution in [3.8, 4) is 0 Å². The number of aryl methyl sites for hydroxylation is 1. The summed E-state index contributed by atoms with van der Waals surface area (Å²) in [4.78, 5) is 28.2. The highest BCUT2D eigenvalue weighted by Crippen LogP contribution is 2.26.